The molecule has 7 heteroatoms. The van der Waals surface area contributed by atoms with E-state index < -0.39 is 23.3 Å². The number of pyridine rings is 1. The van der Waals surface area contributed by atoms with Crippen LogP contribution >= 0.6 is 0 Å². The van der Waals surface area contributed by atoms with Crippen molar-refractivity contribution in [1.82, 2.24) is 9.97 Å². The summed E-state index contributed by atoms with van der Waals surface area (Å²) < 4.78 is 41.3. The Balaban J connectivity index is 1.92. The number of phenolic OH excluding ortho intramolecular Hbond substituents is 1. The predicted molar refractivity (Wildman–Crippen MR) is 96.5 cm³/mol. The molecule has 4 nitrogen and oxygen atoms in total. The lowest BCUT2D eigenvalue weighted by atomic mass is 9.73. The average molecular weight is 378 g/mol. The number of aromatic amines is 1. The maximum absolute atomic E-state index is 13.8. The molecular formula is C20H21F3N2O2. The smallest absolute Gasteiger partial charge is 0.267 e. The molecule has 144 valence electrons. The fraction of sp³-hybridized carbons (Fsp3) is 0.350. The van der Waals surface area contributed by atoms with Crippen LogP contribution in [-0.4, -0.2) is 32.2 Å². The van der Waals surface area contributed by atoms with E-state index in [1.54, 1.807) is 38.4 Å². The number of benzene rings is 1. The van der Waals surface area contributed by atoms with Crippen molar-refractivity contribution in [2.45, 2.75) is 44.1 Å². The molecule has 1 atom stereocenters. The Morgan fingerprint density at radius 2 is 1.93 bits per heavy atom. The first-order valence-electron chi connectivity index (χ1n) is 8.52. The Labute approximate surface area is 154 Å². The van der Waals surface area contributed by atoms with E-state index in [0.29, 0.717) is 5.69 Å². The summed E-state index contributed by atoms with van der Waals surface area (Å²) in [6.07, 6.45) is -0.540. The van der Waals surface area contributed by atoms with Crippen LogP contribution in [0, 0.1) is 5.82 Å². The van der Waals surface area contributed by atoms with Crippen molar-refractivity contribution in [2.24, 2.45) is 0 Å². The Morgan fingerprint density at radius 1 is 1.19 bits per heavy atom. The molecule has 0 saturated heterocycles. The molecule has 0 radical (unpaired) electrons. The van der Waals surface area contributed by atoms with Gasteiger partial charge >= 0.3 is 0 Å². The number of halogens is 3. The van der Waals surface area contributed by atoms with Gasteiger partial charge < -0.3 is 15.2 Å². The van der Waals surface area contributed by atoms with Crippen LogP contribution in [0.15, 0.2) is 42.7 Å². The van der Waals surface area contributed by atoms with Crippen LogP contribution in [0.4, 0.5) is 13.2 Å². The normalized spacial score (nSPS) is 14.6. The van der Waals surface area contributed by atoms with Gasteiger partial charge in [0.05, 0.1) is 0 Å². The summed E-state index contributed by atoms with van der Waals surface area (Å²) in [5, 5.41) is 21.6. The quantitative estimate of drug-likeness (QED) is 0.599. The number of phenols is 1. The highest BCUT2D eigenvalue weighted by atomic mass is 19.3. The van der Waals surface area contributed by atoms with Crippen molar-refractivity contribution in [3.8, 4) is 5.75 Å². The maximum atomic E-state index is 13.8. The third-order valence-electron chi connectivity index (χ3n) is 4.82. The first kappa shape index (κ1) is 19.2. The van der Waals surface area contributed by atoms with Gasteiger partial charge in [-0.25, -0.2) is 13.2 Å². The molecular weight excluding hydrogens is 357 g/mol. The fourth-order valence-corrected chi connectivity index (χ4v) is 3.58. The second kappa shape index (κ2) is 6.88. The van der Waals surface area contributed by atoms with Gasteiger partial charge in [-0.3, -0.25) is 4.98 Å². The standard InChI is InChI=1S/C20H21F3N2O2/c1-19(2,15-8-13(21)3-4-17(15)26)11-20(27,18(22)23)9-14-7-12-10-24-6-5-16(12)25-14/h3-8,10,18,25-27H,9,11H2,1-2H3. The average Bonchev–Trinajstić information content (AvgIpc) is 2.98. The topological polar surface area (TPSA) is 69.1 Å². The summed E-state index contributed by atoms with van der Waals surface area (Å²) in [7, 11) is 0. The van der Waals surface area contributed by atoms with Crippen LogP contribution in [0.3, 0.4) is 0 Å². The van der Waals surface area contributed by atoms with E-state index in [0.717, 1.165) is 23.0 Å². The largest absolute Gasteiger partial charge is 0.508 e. The number of hydrogen-bond acceptors (Lipinski definition) is 3. The van der Waals surface area contributed by atoms with Crippen molar-refractivity contribution in [3.05, 3.63) is 59.8 Å². The molecule has 3 rings (SSSR count). The first-order chi connectivity index (χ1) is 12.6. The number of aromatic nitrogens is 2. The highest BCUT2D eigenvalue weighted by Gasteiger charge is 2.44. The van der Waals surface area contributed by atoms with Gasteiger partial charge in [-0.2, -0.15) is 0 Å². The summed E-state index contributed by atoms with van der Waals surface area (Å²) in [5.74, 6) is -0.783. The van der Waals surface area contributed by atoms with Gasteiger partial charge in [0.1, 0.15) is 17.2 Å². The lowest BCUT2D eigenvalue weighted by Crippen LogP contribution is -2.45. The third-order valence-corrected chi connectivity index (χ3v) is 4.82. The molecule has 0 amide bonds. The SMILES string of the molecule is CC(C)(CC(O)(Cc1cc2cnccc2[nH]1)C(F)F)c1cc(F)ccc1O. The second-order valence-electron chi connectivity index (χ2n) is 7.56. The van der Waals surface area contributed by atoms with E-state index >= 15 is 0 Å². The van der Waals surface area contributed by atoms with Crippen molar-refractivity contribution in [3.63, 3.8) is 0 Å². The van der Waals surface area contributed by atoms with Crippen LogP contribution in [0.25, 0.3) is 10.9 Å². The van der Waals surface area contributed by atoms with Crippen LogP contribution in [0.1, 0.15) is 31.5 Å². The third kappa shape index (κ3) is 3.93. The summed E-state index contributed by atoms with van der Waals surface area (Å²) >= 11 is 0. The van der Waals surface area contributed by atoms with Gasteiger partial charge in [0, 0.05) is 41.0 Å². The van der Waals surface area contributed by atoms with Crippen molar-refractivity contribution >= 4 is 10.9 Å². The predicted octanol–water partition coefficient (Wildman–Crippen LogP) is 4.31. The van der Waals surface area contributed by atoms with Gasteiger partial charge in [-0.1, -0.05) is 13.8 Å². The minimum atomic E-state index is -3.03. The summed E-state index contributed by atoms with van der Waals surface area (Å²) in [6, 6.07) is 6.76. The highest BCUT2D eigenvalue weighted by Crippen LogP contribution is 2.40. The van der Waals surface area contributed by atoms with E-state index in [9.17, 15) is 23.4 Å². The van der Waals surface area contributed by atoms with Gasteiger partial charge in [0.25, 0.3) is 6.43 Å². The number of aliphatic hydroxyl groups is 1. The number of aromatic hydroxyl groups is 1. The van der Waals surface area contributed by atoms with Gasteiger partial charge in [0.2, 0.25) is 0 Å². The van der Waals surface area contributed by atoms with Gasteiger partial charge in [0.15, 0.2) is 0 Å². The van der Waals surface area contributed by atoms with Gasteiger partial charge in [-0.15, -0.1) is 0 Å². The van der Waals surface area contributed by atoms with Crippen LogP contribution in [-0.2, 0) is 11.8 Å². The van der Waals surface area contributed by atoms with E-state index in [1.807, 2.05) is 0 Å². The molecule has 27 heavy (non-hydrogen) atoms. The Kier molecular flexibility index (Phi) is 4.90. The molecule has 0 aliphatic carbocycles. The summed E-state index contributed by atoms with van der Waals surface area (Å²) in [6.45, 7) is 3.17. The number of nitrogens with zero attached hydrogens (tertiary/aromatic N) is 1. The van der Waals surface area contributed by atoms with E-state index in [4.69, 9.17) is 0 Å². The fourth-order valence-electron chi connectivity index (χ4n) is 3.58. The number of alkyl halides is 2. The first-order valence-corrected chi connectivity index (χ1v) is 8.52. The monoisotopic (exact) mass is 378 g/mol. The molecule has 3 aromatic rings. The van der Waals surface area contributed by atoms with Crippen LogP contribution < -0.4 is 0 Å². The molecule has 0 spiro atoms. The molecule has 0 bridgehead atoms. The molecule has 2 aromatic heterocycles. The molecule has 1 unspecified atom stereocenters. The Bertz CT molecular complexity index is 922. The van der Waals surface area contributed by atoms with Crippen LogP contribution in [0.5, 0.6) is 5.75 Å². The van der Waals surface area contributed by atoms with Crippen molar-refractivity contribution in [1.29, 1.82) is 0 Å². The molecule has 2 heterocycles. The van der Waals surface area contributed by atoms with Crippen molar-refractivity contribution < 1.29 is 23.4 Å². The molecule has 0 saturated carbocycles. The van der Waals surface area contributed by atoms with E-state index in [-0.39, 0.29) is 24.2 Å². The van der Waals surface area contributed by atoms with Gasteiger partial charge in [-0.05, 0) is 42.2 Å². The van der Waals surface area contributed by atoms with Crippen molar-refractivity contribution in [2.75, 3.05) is 0 Å². The van der Waals surface area contributed by atoms with Crippen LogP contribution in [0.2, 0.25) is 0 Å². The minimum Gasteiger partial charge on any atom is -0.508 e. The number of H-pyrrole nitrogens is 1. The maximum Gasteiger partial charge on any atom is 0.267 e. The van der Waals surface area contributed by atoms with E-state index in [1.165, 1.54) is 6.07 Å². The zero-order chi connectivity index (χ0) is 19.8. The Hall–Kier alpha value is -2.54. The lowest BCUT2D eigenvalue weighted by Gasteiger charge is -2.36. The number of nitrogens with one attached hydrogen (secondary N) is 1. The molecule has 0 aliphatic rings. The highest BCUT2D eigenvalue weighted by molar-refractivity contribution is 5.79. The number of fused-ring (bicyclic) bond motifs is 1. The zero-order valence-electron chi connectivity index (χ0n) is 15.0. The minimum absolute atomic E-state index is 0.169. The second-order valence-corrected chi connectivity index (χ2v) is 7.56. The number of rotatable bonds is 6. The van der Waals surface area contributed by atoms with E-state index in [2.05, 4.69) is 9.97 Å². The lowest BCUT2D eigenvalue weighted by molar-refractivity contribution is -0.110. The zero-order valence-corrected chi connectivity index (χ0v) is 15.0. The number of hydrogen-bond donors (Lipinski definition) is 3. The summed E-state index contributed by atoms with van der Waals surface area (Å²) in [5.41, 5.74) is -2.11. The molecule has 3 N–H and O–H groups in total. The Morgan fingerprint density at radius 3 is 2.59 bits per heavy atom. The summed E-state index contributed by atoms with van der Waals surface area (Å²) in [4.78, 5) is 6.99. The molecule has 0 aliphatic heterocycles. The molecule has 1 aromatic carbocycles. The molecule has 0 fully saturated rings.